The molecule has 0 aliphatic carbocycles. The van der Waals surface area contributed by atoms with Crippen LogP contribution in [0.2, 0.25) is 0 Å². The normalized spacial score (nSPS) is 20.4. The van der Waals surface area contributed by atoms with E-state index < -0.39 is 10.0 Å². The number of hydrogen-bond donors (Lipinski definition) is 1. The summed E-state index contributed by atoms with van der Waals surface area (Å²) in [7, 11) is -0.707. The molecule has 1 aliphatic heterocycles. The van der Waals surface area contributed by atoms with Crippen LogP contribution in [-0.4, -0.2) is 46.1 Å². The second-order valence-corrected chi connectivity index (χ2v) is 7.99. The summed E-state index contributed by atoms with van der Waals surface area (Å²) in [6.45, 7) is 0.633. The van der Waals surface area contributed by atoms with Gasteiger partial charge in [0.1, 0.15) is 11.5 Å². The molecule has 0 amide bonds. The molecule has 1 fully saturated rings. The summed E-state index contributed by atoms with van der Waals surface area (Å²) in [4.78, 5) is 0.143. The van der Waals surface area contributed by atoms with Crippen LogP contribution >= 0.6 is 12.4 Å². The molecule has 8 heteroatoms. The summed E-state index contributed by atoms with van der Waals surface area (Å²) in [5.74, 6) is 0.838. The third-order valence-corrected chi connectivity index (χ3v) is 6.33. The summed E-state index contributed by atoms with van der Waals surface area (Å²) >= 11 is 0. The van der Waals surface area contributed by atoms with Crippen LogP contribution in [0, 0.1) is 0 Å². The molecule has 142 valence electrons. The van der Waals surface area contributed by atoms with E-state index in [4.69, 9.17) is 15.2 Å². The Labute approximate surface area is 160 Å². The Bertz CT molecular complexity index is 823. The van der Waals surface area contributed by atoms with Crippen LogP contribution in [-0.2, 0) is 10.0 Å². The minimum atomic E-state index is -3.68. The number of hydrogen-bond acceptors (Lipinski definition) is 5. The molecule has 0 unspecified atom stereocenters. The van der Waals surface area contributed by atoms with Crippen molar-refractivity contribution in [3.05, 3.63) is 54.1 Å². The first-order valence-corrected chi connectivity index (χ1v) is 9.43. The van der Waals surface area contributed by atoms with Gasteiger partial charge in [-0.05, 0) is 5.56 Å². The third kappa shape index (κ3) is 3.96. The van der Waals surface area contributed by atoms with Crippen LogP contribution in [0.1, 0.15) is 11.5 Å². The molecule has 0 aromatic heterocycles. The molecule has 3 rings (SSSR count). The highest BCUT2D eigenvalue weighted by molar-refractivity contribution is 7.89. The Morgan fingerprint density at radius 3 is 2.12 bits per heavy atom. The van der Waals surface area contributed by atoms with Gasteiger partial charge in [0.15, 0.2) is 0 Å². The van der Waals surface area contributed by atoms with Gasteiger partial charge in [-0.3, -0.25) is 0 Å². The predicted molar refractivity (Wildman–Crippen MR) is 103 cm³/mol. The Balaban J connectivity index is 0.00000243. The Hall–Kier alpha value is -1.80. The highest BCUT2D eigenvalue weighted by Crippen LogP contribution is 2.33. The molecule has 6 nitrogen and oxygen atoms in total. The van der Waals surface area contributed by atoms with Crippen LogP contribution < -0.4 is 15.2 Å². The van der Waals surface area contributed by atoms with Crippen molar-refractivity contribution in [2.45, 2.75) is 16.9 Å². The van der Waals surface area contributed by atoms with Crippen molar-refractivity contribution < 1.29 is 17.9 Å². The van der Waals surface area contributed by atoms with Crippen LogP contribution in [0.25, 0.3) is 0 Å². The zero-order chi connectivity index (χ0) is 18.0. The molecule has 2 aromatic carbocycles. The summed E-state index contributed by atoms with van der Waals surface area (Å²) in [6, 6.07) is 14.2. The molecule has 2 N–H and O–H groups in total. The van der Waals surface area contributed by atoms with Gasteiger partial charge in [-0.1, -0.05) is 30.3 Å². The molecule has 1 saturated heterocycles. The summed E-state index contributed by atoms with van der Waals surface area (Å²) in [5, 5.41) is 0. The zero-order valence-electron chi connectivity index (χ0n) is 14.7. The number of halogens is 1. The van der Waals surface area contributed by atoms with Crippen molar-refractivity contribution in [1.82, 2.24) is 4.31 Å². The maximum atomic E-state index is 13.1. The van der Waals surface area contributed by atoms with E-state index in [-0.39, 0.29) is 35.8 Å². The van der Waals surface area contributed by atoms with Crippen molar-refractivity contribution in [3.63, 3.8) is 0 Å². The number of ether oxygens (including phenoxy) is 2. The number of nitrogens with two attached hydrogens (primary N) is 1. The minimum Gasteiger partial charge on any atom is -0.497 e. The maximum absolute atomic E-state index is 13.1. The van der Waals surface area contributed by atoms with Crippen LogP contribution in [0.5, 0.6) is 11.5 Å². The SMILES string of the molecule is COc1cc(OC)cc(S(=O)(=O)N2C[C@@H](N)[C@H](c3ccccc3)C2)c1.Cl. The second-order valence-electron chi connectivity index (χ2n) is 6.05. The fourth-order valence-corrected chi connectivity index (χ4v) is 4.67. The van der Waals surface area contributed by atoms with E-state index in [9.17, 15) is 8.42 Å². The summed E-state index contributed by atoms with van der Waals surface area (Å²) in [5.41, 5.74) is 7.28. The van der Waals surface area contributed by atoms with Crippen LogP contribution in [0.4, 0.5) is 0 Å². The summed E-state index contributed by atoms with van der Waals surface area (Å²) < 4.78 is 37.9. The molecule has 1 aliphatic rings. The van der Waals surface area contributed by atoms with Gasteiger partial charge in [0.25, 0.3) is 0 Å². The molecule has 2 atom stereocenters. The van der Waals surface area contributed by atoms with E-state index in [0.29, 0.717) is 18.0 Å². The molecule has 2 aromatic rings. The van der Waals surface area contributed by atoms with Gasteiger partial charge in [-0.15, -0.1) is 12.4 Å². The first kappa shape index (κ1) is 20.5. The van der Waals surface area contributed by atoms with E-state index in [1.165, 1.54) is 30.7 Å². The molecule has 0 bridgehead atoms. The molecule has 1 heterocycles. The molecule has 0 saturated carbocycles. The van der Waals surface area contributed by atoms with Crippen molar-refractivity contribution in [1.29, 1.82) is 0 Å². The van der Waals surface area contributed by atoms with E-state index in [0.717, 1.165) is 5.56 Å². The van der Waals surface area contributed by atoms with E-state index in [1.807, 2.05) is 30.3 Å². The first-order chi connectivity index (χ1) is 12.0. The second kappa shape index (κ2) is 8.26. The fourth-order valence-electron chi connectivity index (χ4n) is 3.12. The number of nitrogens with zero attached hydrogens (tertiary/aromatic N) is 1. The van der Waals surface area contributed by atoms with Crippen molar-refractivity contribution in [3.8, 4) is 11.5 Å². The van der Waals surface area contributed by atoms with Gasteiger partial charge < -0.3 is 15.2 Å². The highest BCUT2D eigenvalue weighted by Gasteiger charge is 2.38. The zero-order valence-corrected chi connectivity index (χ0v) is 16.3. The Morgan fingerprint density at radius 1 is 1.00 bits per heavy atom. The highest BCUT2D eigenvalue weighted by atomic mass is 35.5. The van der Waals surface area contributed by atoms with Crippen molar-refractivity contribution >= 4 is 22.4 Å². The standard InChI is InChI=1S/C18H22N2O4S.ClH/c1-23-14-8-15(24-2)10-16(9-14)25(21,22)20-11-17(18(19)12-20)13-6-4-3-5-7-13;/h3-10,17-18H,11-12,19H2,1-2H3;1H/t17-,18+;/m0./s1. The minimum absolute atomic E-state index is 0. The van der Waals surface area contributed by atoms with Crippen molar-refractivity contribution in [2.75, 3.05) is 27.3 Å². The quantitative estimate of drug-likeness (QED) is 0.835. The topological polar surface area (TPSA) is 81.9 Å². The lowest BCUT2D eigenvalue weighted by Gasteiger charge is -2.18. The van der Waals surface area contributed by atoms with Gasteiger partial charge >= 0.3 is 0 Å². The molecule has 26 heavy (non-hydrogen) atoms. The Kier molecular flexibility index (Phi) is 6.52. The molecular weight excluding hydrogens is 376 g/mol. The number of methoxy groups -OCH3 is 2. The van der Waals surface area contributed by atoms with Crippen LogP contribution in [0.15, 0.2) is 53.4 Å². The molecule has 0 spiro atoms. The average Bonchev–Trinajstić information content (AvgIpc) is 3.04. The van der Waals surface area contributed by atoms with Gasteiger partial charge in [0.05, 0.1) is 19.1 Å². The van der Waals surface area contributed by atoms with Gasteiger partial charge in [0, 0.05) is 43.2 Å². The lowest BCUT2D eigenvalue weighted by molar-refractivity contribution is 0.391. The lowest BCUT2D eigenvalue weighted by Crippen LogP contribution is -2.32. The number of sulfonamides is 1. The fraction of sp³-hybridized carbons (Fsp3) is 0.333. The average molecular weight is 399 g/mol. The monoisotopic (exact) mass is 398 g/mol. The predicted octanol–water partition coefficient (Wildman–Crippen LogP) is 2.24. The largest absolute Gasteiger partial charge is 0.497 e. The van der Waals surface area contributed by atoms with Crippen molar-refractivity contribution in [2.24, 2.45) is 5.73 Å². The first-order valence-electron chi connectivity index (χ1n) is 7.99. The van der Waals surface area contributed by atoms with E-state index in [1.54, 1.807) is 6.07 Å². The van der Waals surface area contributed by atoms with Gasteiger partial charge in [0.2, 0.25) is 10.0 Å². The Morgan fingerprint density at radius 2 is 1.58 bits per heavy atom. The molecular formula is C18H23ClN2O4S. The smallest absolute Gasteiger partial charge is 0.243 e. The maximum Gasteiger partial charge on any atom is 0.243 e. The van der Waals surface area contributed by atoms with E-state index in [2.05, 4.69) is 0 Å². The number of benzene rings is 2. The number of rotatable bonds is 5. The lowest BCUT2D eigenvalue weighted by atomic mass is 9.95. The summed E-state index contributed by atoms with van der Waals surface area (Å²) in [6.07, 6.45) is 0. The molecule has 0 radical (unpaired) electrons. The van der Waals surface area contributed by atoms with Gasteiger partial charge in [-0.25, -0.2) is 8.42 Å². The van der Waals surface area contributed by atoms with Crippen LogP contribution in [0.3, 0.4) is 0 Å². The van der Waals surface area contributed by atoms with Gasteiger partial charge in [-0.2, -0.15) is 4.31 Å². The third-order valence-electron chi connectivity index (χ3n) is 4.52. The van der Waals surface area contributed by atoms with E-state index >= 15 is 0 Å².